The van der Waals surface area contributed by atoms with Gasteiger partial charge in [-0.15, -0.1) is 0 Å². The molecular formula is CuFeInZn. The summed E-state index contributed by atoms with van der Waals surface area (Å²) in [6.45, 7) is 0. The third-order valence-corrected chi connectivity index (χ3v) is 0. The van der Waals surface area contributed by atoms with Gasteiger partial charge in [0.15, 0.2) is 0 Å². The number of rotatable bonds is 0. The van der Waals surface area contributed by atoms with Crippen molar-refractivity contribution in [1.82, 2.24) is 0 Å². The van der Waals surface area contributed by atoms with E-state index < -0.39 is 0 Å². The van der Waals surface area contributed by atoms with E-state index in [0.29, 0.717) is 0 Å². The van der Waals surface area contributed by atoms with Crippen LogP contribution >= 0.6 is 0 Å². The van der Waals surface area contributed by atoms with Crippen LogP contribution in [0.25, 0.3) is 0 Å². The molecular weight excluding hydrogens is 300 g/mol. The van der Waals surface area contributed by atoms with Gasteiger partial charge < -0.3 is 0 Å². The molecule has 0 fully saturated rings. The van der Waals surface area contributed by atoms with Crippen molar-refractivity contribution in [1.29, 1.82) is 0 Å². The van der Waals surface area contributed by atoms with E-state index in [1.807, 2.05) is 0 Å². The predicted octanol–water partition coefficient (Wildman–Crippen LogP) is -0.388. The maximum Gasteiger partial charge on any atom is 0 e. The van der Waals surface area contributed by atoms with Crippen LogP contribution in [0.2, 0.25) is 0 Å². The molecule has 0 rings (SSSR count). The molecule has 0 aliphatic heterocycles. The minimum atomic E-state index is 0. The first kappa shape index (κ1) is 31.2. The van der Waals surface area contributed by atoms with Crippen LogP contribution < -0.4 is 0 Å². The van der Waals surface area contributed by atoms with Crippen LogP contribution in [-0.4, -0.2) is 25.8 Å². The van der Waals surface area contributed by atoms with E-state index in [1.54, 1.807) is 0 Å². The minimum absolute atomic E-state index is 0. The Morgan fingerprint density at radius 2 is 1.00 bits per heavy atom. The topological polar surface area (TPSA) is 0 Å². The van der Waals surface area contributed by atoms with Crippen molar-refractivity contribution in [2.75, 3.05) is 0 Å². The second-order valence-electron chi connectivity index (χ2n) is 0. The summed E-state index contributed by atoms with van der Waals surface area (Å²) in [6, 6.07) is 0. The molecule has 0 saturated carbocycles. The van der Waals surface area contributed by atoms with E-state index in [2.05, 4.69) is 0 Å². The molecule has 0 nitrogen and oxygen atoms in total. The van der Waals surface area contributed by atoms with E-state index in [4.69, 9.17) is 0 Å². The first-order chi connectivity index (χ1) is 0. The van der Waals surface area contributed by atoms with Gasteiger partial charge in [0.2, 0.25) is 0 Å². The summed E-state index contributed by atoms with van der Waals surface area (Å²) in [5, 5.41) is 0. The summed E-state index contributed by atoms with van der Waals surface area (Å²) >= 11 is 0. The summed E-state index contributed by atoms with van der Waals surface area (Å²) < 4.78 is 0. The molecule has 4 heavy (non-hydrogen) atoms. The fourth-order valence-electron chi connectivity index (χ4n) is 0. The Kier molecular flexibility index (Phi) is 138. The van der Waals surface area contributed by atoms with Crippen molar-refractivity contribution in [3.63, 3.8) is 0 Å². The smallest absolute Gasteiger partial charge is 0 e. The van der Waals surface area contributed by atoms with Crippen molar-refractivity contribution in [3.05, 3.63) is 0 Å². The van der Waals surface area contributed by atoms with Crippen molar-refractivity contribution in [2.45, 2.75) is 0 Å². The summed E-state index contributed by atoms with van der Waals surface area (Å²) in [5.74, 6) is 0. The van der Waals surface area contributed by atoms with E-state index in [1.165, 1.54) is 0 Å². The van der Waals surface area contributed by atoms with E-state index in [9.17, 15) is 0 Å². The van der Waals surface area contributed by atoms with Crippen LogP contribution in [0.3, 0.4) is 0 Å². The van der Waals surface area contributed by atoms with Gasteiger partial charge in [0, 0.05) is 79.5 Å². The average Bonchev–Trinajstić information content (AvgIpc) is 0. The van der Waals surface area contributed by atoms with Crippen LogP contribution in [0.1, 0.15) is 0 Å². The first-order valence-electron chi connectivity index (χ1n) is 0. The molecule has 0 heterocycles. The maximum atomic E-state index is 0. The maximum absolute atomic E-state index is 0. The first-order valence-corrected chi connectivity index (χ1v) is 0. The molecule has 4 radical (unpaired) electrons. The Labute approximate surface area is 78.4 Å². The fraction of sp³-hybridized carbons (Fsp3) is 0. The quantitative estimate of drug-likeness (QED) is 0.535. The van der Waals surface area contributed by atoms with Crippen LogP contribution in [-0.2, 0) is 53.6 Å². The zero-order valence-electron chi connectivity index (χ0n) is 1.94. The molecule has 0 spiro atoms. The molecule has 0 bridgehead atoms. The second-order valence-corrected chi connectivity index (χ2v) is 0. The molecule has 0 saturated heterocycles. The van der Waals surface area contributed by atoms with Crippen molar-refractivity contribution >= 4 is 25.8 Å². The van der Waals surface area contributed by atoms with Gasteiger partial charge in [0.1, 0.15) is 0 Å². The Morgan fingerprint density at radius 1 is 1.00 bits per heavy atom. The molecule has 0 aromatic rings. The molecule has 0 atom stereocenters. The van der Waals surface area contributed by atoms with Crippen LogP contribution in [0, 0.1) is 0 Å². The summed E-state index contributed by atoms with van der Waals surface area (Å²) in [4.78, 5) is 0. The minimum Gasteiger partial charge on any atom is 0 e. The zero-order valence-corrected chi connectivity index (χ0v) is 10.2. The Morgan fingerprint density at radius 3 is 1.00 bits per heavy atom. The molecule has 4 heteroatoms. The Hall–Kier alpha value is 2.53. The van der Waals surface area contributed by atoms with E-state index in [0.717, 1.165) is 0 Å². The third-order valence-electron chi connectivity index (χ3n) is 0. The molecule has 0 unspecified atom stereocenters. The number of hydrogen-bond acceptors (Lipinski definition) is 0. The zero-order chi connectivity index (χ0) is 0. The standard InChI is InChI=1S/Cu.Fe.In.Zn. The van der Waals surface area contributed by atoms with Crippen LogP contribution in [0.5, 0.6) is 0 Å². The average molecular weight is 300 g/mol. The number of hydrogen-bond donors (Lipinski definition) is 0. The summed E-state index contributed by atoms with van der Waals surface area (Å²) in [6.07, 6.45) is 0. The van der Waals surface area contributed by atoms with Crippen LogP contribution in [0.4, 0.5) is 0 Å². The molecule has 0 aromatic carbocycles. The van der Waals surface area contributed by atoms with Crippen molar-refractivity contribution in [2.24, 2.45) is 0 Å². The SMILES string of the molecule is [Cu].[Fe].[In].[Zn]. The largest absolute Gasteiger partial charge is 0 e. The normalized spacial score (nSPS) is 0. The van der Waals surface area contributed by atoms with Gasteiger partial charge in [-0.2, -0.15) is 0 Å². The van der Waals surface area contributed by atoms with Crippen LogP contribution in [0.15, 0.2) is 0 Å². The molecule has 0 aliphatic rings. The third kappa shape index (κ3) is 8.82. The van der Waals surface area contributed by atoms with E-state index >= 15 is 0 Å². The Bertz CT molecular complexity index is 8.00. The molecule has 0 amide bonds. The van der Waals surface area contributed by atoms with Gasteiger partial charge in [-0.1, -0.05) is 0 Å². The molecule has 0 aliphatic carbocycles. The summed E-state index contributed by atoms with van der Waals surface area (Å²) in [5.41, 5.74) is 0. The molecule has 24 valence electrons. The van der Waals surface area contributed by atoms with Gasteiger partial charge in [-0.3, -0.25) is 0 Å². The van der Waals surface area contributed by atoms with Gasteiger partial charge in [0.05, 0.1) is 0 Å². The monoisotopic (exact) mass is 298 g/mol. The van der Waals surface area contributed by atoms with Crippen molar-refractivity contribution < 1.29 is 53.6 Å². The van der Waals surface area contributed by atoms with Gasteiger partial charge in [-0.25, -0.2) is 0 Å². The second kappa shape index (κ2) is 17.7. The Balaban J connectivity index is 0. The van der Waals surface area contributed by atoms with Gasteiger partial charge >= 0.3 is 0 Å². The van der Waals surface area contributed by atoms with Crippen molar-refractivity contribution in [3.8, 4) is 0 Å². The predicted molar refractivity (Wildman–Crippen MR) is 5.75 cm³/mol. The molecule has 0 aromatic heterocycles. The van der Waals surface area contributed by atoms with Gasteiger partial charge in [-0.05, 0) is 0 Å². The van der Waals surface area contributed by atoms with E-state index in [-0.39, 0.29) is 79.5 Å². The summed E-state index contributed by atoms with van der Waals surface area (Å²) in [7, 11) is 0. The van der Waals surface area contributed by atoms with Gasteiger partial charge in [0.25, 0.3) is 0 Å². The molecule has 0 N–H and O–H groups in total. The fourth-order valence-corrected chi connectivity index (χ4v) is 0.